The number of aromatic nitrogens is 3. The number of rotatable bonds is 10. The highest BCUT2D eigenvalue weighted by molar-refractivity contribution is 7.99. The molecule has 1 atom stereocenters. The van der Waals surface area contributed by atoms with Crippen molar-refractivity contribution in [1.29, 1.82) is 0 Å². The summed E-state index contributed by atoms with van der Waals surface area (Å²) in [5, 5.41) is 15.8. The van der Waals surface area contributed by atoms with Crippen LogP contribution in [-0.4, -0.2) is 39.4 Å². The maximum absolute atomic E-state index is 12.9. The summed E-state index contributed by atoms with van der Waals surface area (Å²) in [7, 11) is 1.57. The van der Waals surface area contributed by atoms with Crippen LogP contribution in [0.25, 0.3) is 0 Å². The quantitative estimate of drug-likeness (QED) is 0.334. The minimum atomic E-state index is -0.399. The molecule has 2 N–H and O–H groups in total. The predicted molar refractivity (Wildman–Crippen MR) is 140 cm³/mol. The molecule has 11 heteroatoms. The third-order valence-electron chi connectivity index (χ3n) is 5.16. The topological polar surface area (TPSA) is 98.1 Å². The van der Waals surface area contributed by atoms with E-state index in [1.165, 1.54) is 17.8 Å². The van der Waals surface area contributed by atoms with Gasteiger partial charge in [0.1, 0.15) is 5.75 Å². The predicted octanol–water partition coefficient (Wildman–Crippen LogP) is 5.47. The lowest BCUT2D eigenvalue weighted by molar-refractivity contribution is -0.113. The standard InChI is InChI=1S/C24H27Cl2N5O3S/c1-5-31-22(21(14(2)3)28-23(33)15-9-10-18(25)19(26)11-15)29-30-24(31)35-13-20(32)27-16-7-6-8-17(12-16)34-4/h6-12,14,21H,5,13H2,1-4H3,(H,27,32)(H,28,33)/t21-/m1/s1. The number of carbonyl (C=O) groups is 2. The lowest BCUT2D eigenvalue weighted by Crippen LogP contribution is -2.33. The average molecular weight is 536 g/mol. The van der Waals surface area contributed by atoms with Gasteiger partial charge >= 0.3 is 0 Å². The Hall–Kier alpha value is -2.75. The molecule has 0 aliphatic rings. The van der Waals surface area contributed by atoms with E-state index in [0.717, 1.165) is 0 Å². The summed E-state index contributed by atoms with van der Waals surface area (Å²) in [5.74, 6) is 0.992. The molecule has 0 spiro atoms. The zero-order valence-corrected chi connectivity index (χ0v) is 22.2. The second kappa shape index (κ2) is 12.3. The summed E-state index contributed by atoms with van der Waals surface area (Å²) in [5.41, 5.74) is 1.05. The largest absolute Gasteiger partial charge is 0.497 e. The van der Waals surface area contributed by atoms with Gasteiger partial charge in [-0.2, -0.15) is 0 Å². The fourth-order valence-electron chi connectivity index (χ4n) is 3.35. The fraction of sp³-hybridized carbons (Fsp3) is 0.333. The smallest absolute Gasteiger partial charge is 0.251 e. The lowest BCUT2D eigenvalue weighted by atomic mass is 10.0. The molecule has 186 valence electrons. The molecule has 0 radical (unpaired) electrons. The molecule has 35 heavy (non-hydrogen) atoms. The first-order valence-corrected chi connectivity index (χ1v) is 12.7. The van der Waals surface area contributed by atoms with E-state index < -0.39 is 6.04 Å². The van der Waals surface area contributed by atoms with Crippen molar-refractivity contribution in [2.75, 3.05) is 18.2 Å². The highest BCUT2D eigenvalue weighted by atomic mass is 35.5. The lowest BCUT2D eigenvalue weighted by Gasteiger charge is -2.22. The number of carbonyl (C=O) groups excluding carboxylic acids is 2. The third-order valence-corrected chi connectivity index (χ3v) is 6.87. The molecule has 0 aliphatic carbocycles. The first kappa shape index (κ1) is 26.8. The summed E-state index contributed by atoms with van der Waals surface area (Å²) in [6, 6.07) is 11.5. The van der Waals surface area contributed by atoms with Gasteiger partial charge in [0.15, 0.2) is 11.0 Å². The number of anilines is 1. The zero-order valence-electron chi connectivity index (χ0n) is 19.8. The molecule has 0 aliphatic heterocycles. The van der Waals surface area contributed by atoms with Gasteiger partial charge in [0.05, 0.1) is 28.9 Å². The van der Waals surface area contributed by atoms with Crippen molar-refractivity contribution >= 4 is 52.5 Å². The minimum Gasteiger partial charge on any atom is -0.497 e. The van der Waals surface area contributed by atoms with Gasteiger partial charge in [-0.25, -0.2) is 0 Å². The Morgan fingerprint density at radius 3 is 2.54 bits per heavy atom. The van der Waals surface area contributed by atoms with E-state index in [-0.39, 0.29) is 23.5 Å². The number of benzene rings is 2. The summed E-state index contributed by atoms with van der Waals surface area (Å²) in [4.78, 5) is 25.4. The average Bonchev–Trinajstić information content (AvgIpc) is 3.25. The molecule has 0 unspecified atom stereocenters. The molecule has 0 saturated heterocycles. The highest BCUT2D eigenvalue weighted by Crippen LogP contribution is 2.27. The van der Waals surface area contributed by atoms with Gasteiger partial charge in [-0.15, -0.1) is 10.2 Å². The number of hydrogen-bond acceptors (Lipinski definition) is 6. The van der Waals surface area contributed by atoms with E-state index in [0.29, 0.717) is 44.6 Å². The summed E-state index contributed by atoms with van der Waals surface area (Å²) in [6.45, 7) is 6.52. The second-order valence-corrected chi connectivity index (χ2v) is 9.73. The van der Waals surface area contributed by atoms with Crippen LogP contribution < -0.4 is 15.4 Å². The van der Waals surface area contributed by atoms with Gasteiger partial charge in [-0.1, -0.05) is 54.9 Å². The summed E-state index contributed by atoms with van der Waals surface area (Å²) < 4.78 is 7.09. The number of amides is 2. The van der Waals surface area contributed by atoms with Crippen molar-refractivity contribution in [3.05, 3.63) is 63.9 Å². The molecule has 2 amide bonds. The number of methoxy groups -OCH3 is 1. The van der Waals surface area contributed by atoms with Gasteiger partial charge in [-0.05, 0) is 43.2 Å². The Balaban J connectivity index is 1.71. The molecule has 1 heterocycles. The van der Waals surface area contributed by atoms with Crippen LogP contribution in [0.1, 0.15) is 43.0 Å². The normalized spacial score (nSPS) is 11.9. The van der Waals surface area contributed by atoms with Crippen LogP contribution in [0, 0.1) is 5.92 Å². The van der Waals surface area contributed by atoms with Crippen LogP contribution in [0.3, 0.4) is 0 Å². The number of ether oxygens (including phenoxy) is 1. The van der Waals surface area contributed by atoms with E-state index in [9.17, 15) is 9.59 Å². The molecule has 1 aromatic heterocycles. The molecular weight excluding hydrogens is 509 g/mol. The first-order chi connectivity index (χ1) is 16.7. The number of hydrogen-bond donors (Lipinski definition) is 2. The van der Waals surface area contributed by atoms with Crippen LogP contribution in [0.5, 0.6) is 5.75 Å². The molecule has 3 aromatic rings. The SMILES string of the molecule is CCn1c(SCC(=O)Nc2cccc(OC)c2)nnc1[C@H](NC(=O)c1ccc(Cl)c(Cl)c1)C(C)C. The van der Waals surface area contributed by atoms with Crippen molar-refractivity contribution in [3.8, 4) is 5.75 Å². The number of thioether (sulfide) groups is 1. The van der Waals surface area contributed by atoms with Crippen LogP contribution >= 0.6 is 35.0 Å². The van der Waals surface area contributed by atoms with Crippen LogP contribution in [0.4, 0.5) is 5.69 Å². The van der Waals surface area contributed by atoms with E-state index in [2.05, 4.69) is 20.8 Å². The third kappa shape index (κ3) is 6.90. The van der Waals surface area contributed by atoms with Crippen molar-refractivity contribution in [1.82, 2.24) is 20.1 Å². The van der Waals surface area contributed by atoms with Crippen molar-refractivity contribution in [3.63, 3.8) is 0 Å². The molecule has 0 saturated carbocycles. The molecule has 0 bridgehead atoms. The van der Waals surface area contributed by atoms with Crippen molar-refractivity contribution in [2.24, 2.45) is 5.92 Å². The van der Waals surface area contributed by atoms with Crippen LogP contribution in [-0.2, 0) is 11.3 Å². The van der Waals surface area contributed by atoms with Crippen molar-refractivity contribution in [2.45, 2.75) is 38.5 Å². The number of nitrogens with zero attached hydrogens (tertiary/aromatic N) is 3. The van der Waals surface area contributed by atoms with E-state index in [1.807, 2.05) is 25.3 Å². The summed E-state index contributed by atoms with van der Waals surface area (Å²) >= 11 is 13.3. The Morgan fingerprint density at radius 2 is 1.89 bits per heavy atom. The van der Waals surface area contributed by atoms with Gasteiger partial charge in [0.2, 0.25) is 5.91 Å². The maximum Gasteiger partial charge on any atom is 0.251 e. The van der Waals surface area contributed by atoms with Gasteiger partial charge in [0.25, 0.3) is 5.91 Å². The fourth-order valence-corrected chi connectivity index (χ4v) is 4.46. The molecule has 0 fully saturated rings. The maximum atomic E-state index is 12.9. The highest BCUT2D eigenvalue weighted by Gasteiger charge is 2.26. The Bertz CT molecular complexity index is 1200. The Morgan fingerprint density at radius 1 is 1.11 bits per heavy atom. The molecular formula is C24H27Cl2N5O3S. The number of nitrogens with one attached hydrogen (secondary N) is 2. The summed E-state index contributed by atoms with van der Waals surface area (Å²) in [6.07, 6.45) is 0. The first-order valence-electron chi connectivity index (χ1n) is 11.0. The van der Waals surface area contributed by atoms with Gasteiger partial charge in [0, 0.05) is 23.9 Å². The van der Waals surface area contributed by atoms with Crippen LogP contribution in [0.15, 0.2) is 47.6 Å². The number of halogens is 2. The Labute approximate surface area is 218 Å². The van der Waals surface area contributed by atoms with E-state index >= 15 is 0 Å². The van der Waals surface area contributed by atoms with Crippen LogP contribution in [0.2, 0.25) is 10.0 Å². The molecule has 3 rings (SSSR count). The Kier molecular flexibility index (Phi) is 9.42. The zero-order chi connectivity index (χ0) is 25.5. The molecule has 8 nitrogen and oxygen atoms in total. The van der Waals surface area contributed by atoms with E-state index in [4.69, 9.17) is 27.9 Å². The van der Waals surface area contributed by atoms with Crippen molar-refractivity contribution < 1.29 is 14.3 Å². The van der Waals surface area contributed by atoms with Gasteiger partial charge in [-0.3, -0.25) is 9.59 Å². The molecule has 2 aromatic carbocycles. The minimum absolute atomic E-state index is 0.0328. The van der Waals surface area contributed by atoms with E-state index in [1.54, 1.807) is 43.5 Å². The monoisotopic (exact) mass is 535 g/mol. The van der Waals surface area contributed by atoms with Gasteiger partial charge < -0.3 is 19.9 Å². The second-order valence-electron chi connectivity index (χ2n) is 7.98.